The lowest BCUT2D eigenvalue weighted by Gasteiger charge is -2.21. The van der Waals surface area contributed by atoms with Crippen LogP contribution in [-0.2, 0) is 21.2 Å². The summed E-state index contributed by atoms with van der Waals surface area (Å²) in [4.78, 5) is 0.398. The van der Waals surface area contributed by atoms with E-state index in [-0.39, 0.29) is 0 Å². The van der Waals surface area contributed by atoms with E-state index < -0.39 is 10.0 Å². The molecule has 1 aromatic carbocycles. The zero-order chi connectivity index (χ0) is 13.7. The maximum Gasteiger partial charge on any atom is 0.240 e. The lowest BCUT2D eigenvalue weighted by atomic mass is 10.0. The van der Waals surface area contributed by atoms with Gasteiger partial charge in [-0.2, -0.15) is 0 Å². The van der Waals surface area contributed by atoms with E-state index in [0.29, 0.717) is 24.5 Å². The minimum atomic E-state index is -3.43. The van der Waals surface area contributed by atoms with Crippen molar-refractivity contribution in [2.75, 3.05) is 32.1 Å². The first-order valence-electron chi connectivity index (χ1n) is 6.49. The van der Waals surface area contributed by atoms with Gasteiger partial charge >= 0.3 is 0 Å². The topological polar surface area (TPSA) is 67.4 Å². The maximum atomic E-state index is 12.3. The number of ether oxygens (including phenoxy) is 1. The van der Waals surface area contributed by atoms with Crippen molar-refractivity contribution in [3.63, 3.8) is 0 Å². The van der Waals surface area contributed by atoms with Crippen LogP contribution in [0.4, 0.5) is 5.69 Å². The second-order valence-electron chi connectivity index (χ2n) is 4.56. The fraction of sp³-hybridized carbons (Fsp3) is 0.538. The van der Waals surface area contributed by atoms with Crippen molar-refractivity contribution in [1.29, 1.82) is 0 Å². The molecule has 6 heteroatoms. The number of methoxy groups -OCH3 is 1. The molecule has 2 N–H and O–H groups in total. The maximum absolute atomic E-state index is 12.3. The summed E-state index contributed by atoms with van der Waals surface area (Å²) in [6, 6.07) is 5.38. The zero-order valence-electron chi connectivity index (χ0n) is 11.1. The van der Waals surface area contributed by atoms with Crippen molar-refractivity contribution in [3.05, 3.63) is 23.8 Å². The highest BCUT2D eigenvalue weighted by Crippen LogP contribution is 2.28. The van der Waals surface area contributed by atoms with E-state index in [2.05, 4.69) is 10.0 Å². The summed E-state index contributed by atoms with van der Waals surface area (Å²) < 4.78 is 32.1. The van der Waals surface area contributed by atoms with Gasteiger partial charge in [-0.1, -0.05) is 6.07 Å². The van der Waals surface area contributed by atoms with Crippen LogP contribution in [0.25, 0.3) is 0 Å². The molecule has 0 bridgehead atoms. The monoisotopic (exact) mass is 284 g/mol. The van der Waals surface area contributed by atoms with E-state index in [0.717, 1.165) is 30.6 Å². The molecule has 0 atom stereocenters. The average molecular weight is 284 g/mol. The van der Waals surface area contributed by atoms with E-state index in [1.807, 2.05) is 6.07 Å². The second kappa shape index (κ2) is 6.36. The molecule has 0 saturated heterocycles. The third-order valence-corrected chi connectivity index (χ3v) is 4.70. The van der Waals surface area contributed by atoms with E-state index in [9.17, 15) is 8.42 Å². The minimum absolute atomic E-state index is 0.396. The number of hydrogen-bond acceptors (Lipinski definition) is 4. The Balaban J connectivity index is 2.16. The summed E-state index contributed by atoms with van der Waals surface area (Å²) in [7, 11) is -1.82. The molecular formula is C13H20N2O3S. The lowest BCUT2D eigenvalue weighted by Crippen LogP contribution is -2.27. The van der Waals surface area contributed by atoms with Crippen molar-refractivity contribution in [3.8, 4) is 0 Å². The van der Waals surface area contributed by atoms with Crippen LogP contribution in [0.1, 0.15) is 18.4 Å². The molecule has 2 rings (SSSR count). The van der Waals surface area contributed by atoms with Crippen LogP contribution in [0.5, 0.6) is 0 Å². The van der Waals surface area contributed by atoms with Gasteiger partial charge in [0.05, 0.1) is 4.90 Å². The Bertz CT molecular complexity index is 529. The largest absolute Gasteiger partial charge is 0.385 e. The Morgan fingerprint density at radius 2 is 2.26 bits per heavy atom. The van der Waals surface area contributed by atoms with Gasteiger partial charge in [0.1, 0.15) is 0 Å². The van der Waals surface area contributed by atoms with Gasteiger partial charge in [0.15, 0.2) is 0 Å². The van der Waals surface area contributed by atoms with Gasteiger partial charge in [-0.15, -0.1) is 0 Å². The van der Waals surface area contributed by atoms with Crippen LogP contribution in [0, 0.1) is 0 Å². The fourth-order valence-corrected chi connectivity index (χ4v) is 3.59. The summed E-state index contributed by atoms with van der Waals surface area (Å²) in [5, 5.41) is 3.24. The third kappa shape index (κ3) is 3.46. The van der Waals surface area contributed by atoms with Crippen LogP contribution in [0.2, 0.25) is 0 Å². The van der Waals surface area contributed by atoms with E-state index in [4.69, 9.17) is 4.74 Å². The van der Waals surface area contributed by atoms with Crippen LogP contribution in [0.15, 0.2) is 23.1 Å². The van der Waals surface area contributed by atoms with E-state index in [1.54, 1.807) is 19.2 Å². The quantitative estimate of drug-likeness (QED) is 0.774. The van der Waals surface area contributed by atoms with Gasteiger partial charge in [0, 0.05) is 32.5 Å². The van der Waals surface area contributed by atoms with Gasteiger partial charge in [0.25, 0.3) is 0 Å². The molecule has 0 radical (unpaired) electrons. The highest BCUT2D eigenvalue weighted by atomic mass is 32.2. The van der Waals surface area contributed by atoms with Gasteiger partial charge in [-0.25, -0.2) is 13.1 Å². The molecule has 0 aliphatic carbocycles. The Kier molecular flexibility index (Phi) is 4.79. The van der Waals surface area contributed by atoms with Crippen molar-refractivity contribution < 1.29 is 13.2 Å². The van der Waals surface area contributed by atoms with Crippen LogP contribution in [-0.4, -0.2) is 35.2 Å². The Morgan fingerprint density at radius 1 is 1.42 bits per heavy atom. The molecule has 0 amide bonds. The summed E-state index contributed by atoms with van der Waals surface area (Å²) in [5.74, 6) is 0. The highest BCUT2D eigenvalue weighted by molar-refractivity contribution is 7.89. The predicted molar refractivity (Wildman–Crippen MR) is 74.9 cm³/mol. The first-order chi connectivity index (χ1) is 9.15. The summed E-state index contributed by atoms with van der Waals surface area (Å²) in [6.07, 6.45) is 2.43. The Hall–Kier alpha value is -1.11. The van der Waals surface area contributed by atoms with Crippen molar-refractivity contribution in [2.24, 2.45) is 0 Å². The summed E-state index contributed by atoms with van der Waals surface area (Å²) >= 11 is 0. The first kappa shape index (κ1) is 14.3. The molecule has 0 spiro atoms. The SMILES string of the molecule is COCCCNS(=O)(=O)c1cccc2c1CCCN2. The van der Waals surface area contributed by atoms with Crippen LogP contribution >= 0.6 is 0 Å². The number of rotatable bonds is 6. The first-order valence-corrected chi connectivity index (χ1v) is 7.98. The number of hydrogen-bond donors (Lipinski definition) is 2. The Labute approximate surface area is 114 Å². The highest BCUT2D eigenvalue weighted by Gasteiger charge is 2.21. The number of sulfonamides is 1. The molecule has 19 heavy (non-hydrogen) atoms. The normalized spacial score (nSPS) is 14.8. The molecule has 1 aliphatic heterocycles. The molecular weight excluding hydrogens is 264 g/mol. The van der Waals surface area contributed by atoms with Crippen molar-refractivity contribution in [1.82, 2.24) is 4.72 Å². The molecule has 0 unspecified atom stereocenters. The summed E-state index contributed by atoms with van der Waals surface area (Å²) in [5.41, 5.74) is 1.83. The van der Waals surface area contributed by atoms with Gasteiger partial charge in [-0.3, -0.25) is 0 Å². The molecule has 0 fully saturated rings. The Morgan fingerprint density at radius 3 is 3.05 bits per heavy atom. The average Bonchev–Trinajstić information content (AvgIpc) is 2.43. The lowest BCUT2D eigenvalue weighted by molar-refractivity contribution is 0.196. The van der Waals surface area contributed by atoms with E-state index in [1.165, 1.54) is 0 Å². The second-order valence-corrected chi connectivity index (χ2v) is 6.29. The molecule has 106 valence electrons. The molecule has 5 nitrogen and oxygen atoms in total. The van der Waals surface area contributed by atoms with Crippen molar-refractivity contribution in [2.45, 2.75) is 24.2 Å². The number of fused-ring (bicyclic) bond motifs is 1. The van der Waals surface area contributed by atoms with Crippen LogP contribution in [0.3, 0.4) is 0 Å². The molecule has 1 heterocycles. The fourth-order valence-electron chi connectivity index (χ4n) is 2.23. The van der Waals surface area contributed by atoms with Gasteiger partial charge in [0.2, 0.25) is 10.0 Å². The number of benzene rings is 1. The van der Waals surface area contributed by atoms with Crippen molar-refractivity contribution >= 4 is 15.7 Å². The molecule has 1 aromatic rings. The number of nitrogens with one attached hydrogen (secondary N) is 2. The molecule has 1 aliphatic rings. The summed E-state index contributed by atoms with van der Waals surface area (Å²) in [6.45, 7) is 1.85. The minimum Gasteiger partial charge on any atom is -0.385 e. The number of anilines is 1. The molecule has 0 saturated carbocycles. The predicted octanol–water partition coefficient (Wildman–Crippen LogP) is 1.36. The van der Waals surface area contributed by atoms with Gasteiger partial charge < -0.3 is 10.1 Å². The standard InChI is InChI=1S/C13H20N2O3S/c1-18-10-4-9-15-19(16,17)13-7-2-6-12-11(13)5-3-8-14-12/h2,6-7,14-15H,3-5,8-10H2,1H3. The zero-order valence-corrected chi connectivity index (χ0v) is 11.9. The van der Waals surface area contributed by atoms with Gasteiger partial charge in [-0.05, 0) is 37.0 Å². The third-order valence-electron chi connectivity index (χ3n) is 3.16. The smallest absolute Gasteiger partial charge is 0.240 e. The van der Waals surface area contributed by atoms with E-state index >= 15 is 0 Å². The molecule has 0 aromatic heterocycles. The van der Waals surface area contributed by atoms with Crippen LogP contribution < -0.4 is 10.0 Å².